The minimum Gasteiger partial charge on any atom is -0.355 e. The molecule has 0 saturated heterocycles. The van der Waals surface area contributed by atoms with E-state index in [1.165, 1.54) is 9.80 Å². The fourth-order valence-electron chi connectivity index (χ4n) is 3.15. The van der Waals surface area contributed by atoms with Crippen LogP contribution >= 0.6 is 23.2 Å². The molecule has 2 aromatic heterocycles. The molecular formula is C24H20Cl2N4O4. The van der Waals surface area contributed by atoms with Crippen molar-refractivity contribution in [1.82, 2.24) is 20.1 Å². The van der Waals surface area contributed by atoms with E-state index in [0.29, 0.717) is 21.6 Å². The molecule has 0 N–H and O–H groups in total. The maximum Gasteiger partial charge on any atom is 0.275 e. The van der Waals surface area contributed by atoms with Gasteiger partial charge in [-0.3, -0.25) is 9.59 Å². The Hall–Kier alpha value is -3.62. The Morgan fingerprint density at radius 3 is 1.41 bits per heavy atom. The maximum absolute atomic E-state index is 12.7. The van der Waals surface area contributed by atoms with E-state index in [9.17, 15) is 9.59 Å². The van der Waals surface area contributed by atoms with Gasteiger partial charge in [-0.2, -0.15) is 0 Å². The van der Waals surface area contributed by atoms with Gasteiger partial charge in [0.2, 0.25) is 0 Å². The fourth-order valence-corrected chi connectivity index (χ4v) is 3.40. The molecule has 0 fully saturated rings. The van der Waals surface area contributed by atoms with Crippen molar-refractivity contribution in [3.05, 3.63) is 82.1 Å². The zero-order valence-corrected chi connectivity index (χ0v) is 19.9. The first-order valence-electron chi connectivity index (χ1n) is 10.3. The van der Waals surface area contributed by atoms with E-state index >= 15 is 0 Å². The Morgan fingerprint density at radius 2 is 1.06 bits per heavy atom. The van der Waals surface area contributed by atoms with E-state index < -0.39 is 0 Å². The molecule has 2 amide bonds. The highest BCUT2D eigenvalue weighted by molar-refractivity contribution is 6.30. The Morgan fingerprint density at radius 1 is 0.706 bits per heavy atom. The highest BCUT2D eigenvalue weighted by atomic mass is 35.5. The number of nitrogens with zero attached hydrogens (tertiary/aromatic N) is 4. The quantitative estimate of drug-likeness (QED) is 0.349. The van der Waals surface area contributed by atoms with Gasteiger partial charge in [-0.25, -0.2) is 0 Å². The Bertz CT molecular complexity index is 1200. The number of carbonyl (C=O) groups is 2. The van der Waals surface area contributed by atoms with E-state index in [-0.39, 0.29) is 36.3 Å². The Kier molecular flexibility index (Phi) is 7.00. The van der Waals surface area contributed by atoms with Crippen molar-refractivity contribution in [3.63, 3.8) is 0 Å². The number of rotatable bonds is 7. The van der Waals surface area contributed by atoms with Crippen molar-refractivity contribution in [2.75, 3.05) is 27.2 Å². The van der Waals surface area contributed by atoms with Gasteiger partial charge in [0.15, 0.2) is 22.9 Å². The maximum atomic E-state index is 12.7. The number of hydrogen-bond acceptors (Lipinski definition) is 6. The summed E-state index contributed by atoms with van der Waals surface area (Å²) in [5, 5.41) is 8.95. The lowest BCUT2D eigenvalue weighted by atomic mass is 10.1. The number of carbonyl (C=O) groups excluding carboxylic acids is 2. The average molecular weight is 499 g/mol. The summed E-state index contributed by atoms with van der Waals surface area (Å²) >= 11 is 11.8. The lowest BCUT2D eigenvalue weighted by Gasteiger charge is -2.21. The van der Waals surface area contributed by atoms with Gasteiger partial charge in [-0.05, 0) is 48.5 Å². The van der Waals surface area contributed by atoms with E-state index in [0.717, 1.165) is 11.1 Å². The zero-order chi connectivity index (χ0) is 24.2. The molecule has 0 atom stereocenters. The van der Waals surface area contributed by atoms with Gasteiger partial charge in [-0.1, -0.05) is 33.5 Å². The second-order valence-electron chi connectivity index (χ2n) is 7.62. The molecule has 174 valence electrons. The Labute approximate surface area is 205 Å². The van der Waals surface area contributed by atoms with Crippen LogP contribution in [0.1, 0.15) is 21.0 Å². The average Bonchev–Trinajstić information content (AvgIpc) is 3.53. The lowest BCUT2D eigenvalue weighted by molar-refractivity contribution is 0.0708. The van der Waals surface area contributed by atoms with Gasteiger partial charge >= 0.3 is 0 Å². The summed E-state index contributed by atoms with van der Waals surface area (Å²) in [5.74, 6) is 0.277. The minimum absolute atomic E-state index is 0.172. The summed E-state index contributed by atoms with van der Waals surface area (Å²) in [5.41, 5.74) is 1.86. The number of aromatic nitrogens is 2. The smallest absolute Gasteiger partial charge is 0.275 e. The molecular weight excluding hydrogens is 479 g/mol. The summed E-state index contributed by atoms with van der Waals surface area (Å²) in [4.78, 5) is 28.4. The first-order valence-corrected chi connectivity index (χ1v) is 11.0. The van der Waals surface area contributed by atoms with E-state index in [4.69, 9.17) is 32.2 Å². The molecule has 0 radical (unpaired) electrons. The molecule has 0 aliphatic heterocycles. The third kappa shape index (κ3) is 5.30. The normalized spacial score (nSPS) is 10.8. The predicted octanol–water partition coefficient (Wildman–Crippen LogP) is 5.15. The van der Waals surface area contributed by atoms with Crippen molar-refractivity contribution in [2.24, 2.45) is 0 Å². The van der Waals surface area contributed by atoms with Gasteiger partial charge in [0.05, 0.1) is 0 Å². The minimum atomic E-state index is -0.323. The van der Waals surface area contributed by atoms with Crippen molar-refractivity contribution in [3.8, 4) is 22.6 Å². The van der Waals surface area contributed by atoms with Crippen molar-refractivity contribution >= 4 is 35.0 Å². The molecule has 0 aliphatic carbocycles. The van der Waals surface area contributed by atoms with E-state index in [1.807, 2.05) is 0 Å². The van der Waals surface area contributed by atoms with Gasteiger partial charge in [0.25, 0.3) is 11.8 Å². The Balaban J connectivity index is 1.34. The van der Waals surface area contributed by atoms with Crippen molar-refractivity contribution in [2.45, 2.75) is 0 Å². The third-order valence-electron chi connectivity index (χ3n) is 5.18. The molecule has 0 aliphatic rings. The number of likely N-dealkylation sites (N-methyl/N-ethyl adjacent to an activating group) is 2. The highest BCUT2D eigenvalue weighted by Crippen LogP contribution is 2.24. The van der Waals surface area contributed by atoms with Crippen LogP contribution in [0, 0.1) is 0 Å². The summed E-state index contributed by atoms with van der Waals surface area (Å²) in [6, 6.07) is 17.2. The van der Waals surface area contributed by atoms with Crippen LogP contribution in [-0.4, -0.2) is 59.1 Å². The predicted molar refractivity (Wildman–Crippen MR) is 128 cm³/mol. The summed E-state index contributed by atoms with van der Waals surface area (Å²) in [6.45, 7) is 0.568. The molecule has 34 heavy (non-hydrogen) atoms. The number of benzene rings is 2. The molecule has 8 nitrogen and oxygen atoms in total. The summed E-state index contributed by atoms with van der Waals surface area (Å²) in [7, 11) is 3.26. The molecule has 0 saturated carbocycles. The van der Waals surface area contributed by atoms with Gasteiger partial charge in [0.1, 0.15) is 0 Å². The van der Waals surface area contributed by atoms with Gasteiger partial charge in [-0.15, -0.1) is 0 Å². The summed E-state index contributed by atoms with van der Waals surface area (Å²) < 4.78 is 10.6. The first-order chi connectivity index (χ1) is 16.3. The molecule has 0 spiro atoms. The summed E-state index contributed by atoms with van der Waals surface area (Å²) in [6.07, 6.45) is 0. The topological polar surface area (TPSA) is 92.7 Å². The van der Waals surface area contributed by atoms with Crippen LogP contribution in [0.5, 0.6) is 0 Å². The number of hydrogen-bond donors (Lipinski definition) is 0. The molecule has 4 rings (SSSR count). The zero-order valence-electron chi connectivity index (χ0n) is 18.4. The van der Waals surface area contributed by atoms with Crippen LogP contribution in [0.15, 0.2) is 69.7 Å². The molecule has 0 unspecified atom stereocenters. The third-order valence-corrected chi connectivity index (χ3v) is 5.68. The SMILES string of the molecule is CN(CCN(C)C(=O)c1cc(-c2ccc(Cl)cc2)on1)C(=O)c1cc(-c2ccc(Cl)cc2)on1. The fraction of sp³-hybridized carbons (Fsp3) is 0.167. The number of amides is 2. The second-order valence-corrected chi connectivity index (χ2v) is 8.49. The monoisotopic (exact) mass is 498 g/mol. The molecule has 10 heteroatoms. The van der Waals surface area contributed by atoms with Gasteiger partial charge < -0.3 is 18.8 Å². The van der Waals surface area contributed by atoms with Crippen LogP contribution in [0.4, 0.5) is 0 Å². The standard InChI is InChI=1S/C24H20Cl2N4O4/c1-29(23(31)19-13-21(33-27-19)15-3-7-17(25)8-4-15)11-12-30(2)24(32)20-14-22(34-28-20)16-5-9-18(26)10-6-16/h3-10,13-14H,11-12H2,1-2H3. The van der Waals surface area contributed by atoms with Crippen LogP contribution < -0.4 is 0 Å². The molecule has 2 heterocycles. The van der Waals surface area contributed by atoms with Crippen LogP contribution in [0.2, 0.25) is 10.0 Å². The molecule has 4 aromatic rings. The van der Waals surface area contributed by atoms with Crippen LogP contribution in [0.3, 0.4) is 0 Å². The first kappa shape index (κ1) is 23.5. The van der Waals surface area contributed by atoms with Crippen molar-refractivity contribution in [1.29, 1.82) is 0 Å². The highest BCUT2D eigenvalue weighted by Gasteiger charge is 2.21. The largest absolute Gasteiger partial charge is 0.355 e. The lowest BCUT2D eigenvalue weighted by Crippen LogP contribution is -2.37. The van der Waals surface area contributed by atoms with Crippen LogP contribution in [0.25, 0.3) is 22.6 Å². The van der Waals surface area contributed by atoms with Crippen molar-refractivity contribution < 1.29 is 18.6 Å². The second kappa shape index (κ2) is 10.1. The number of halogens is 2. The van der Waals surface area contributed by atoms with Crippen LogP contribution in [-0.2, 0) is 0 Å². The molecule has 0 bridgehead atoms. The van der Waals surface area contributed by atoms with Gasteiger partial charge in [0, 0.05) is 60.5 Å². The van der Waals surface area contributed by atoms with E-state index in [1.54, 1.807) is 74.8 Å². The van der Waals surface area contributed by atoms with E-state index in [2.05, 4.69) is 10.3 Å². The molecule has 2 aromatic carbocycles.